The van der Waals surface area contributed by atoms with Crippen molar-refractivity contribution in [2.75, 3.05) is 11.4 Å². The van der Waals surface area contributed by atoms with E-state index in [0.29, 0.717) is 26.5 Å². The number of hydrogen-bond acceptors (Lipinski definition) is 5. The van der Waals surface area contributed by atoms with Crippen LogP contribution in [0.2, 0.25) is 0 Å². The summed E-state index contributed by atoms with van der Waals surface area (Å²) in [5, 5.41) is 17.8. The van der Waals surface area contributed by atoms with Crippen LogP contribution in [0.25, 0.3) is 10.6 Å². The molecule has 2 heterocycles. The topological polar surface area (TPSA) is 64.0 Å². The number of halogens is 6. The van der Waals surface area contributed by atoms with Crippen LogP contribution in [0.1, 0.15) is 21.8 Å². The van der Waals surface area contributed by atoms with Gasteiger partial charge in [0.15, 0.2) is 0 Å². The number of thiophene rings is 1. The Hall–Kier alpha value is -3.44. The van der Waals surface area contributed by atoms with Crippen LogP contribution in [-0.2, 0) is 12.7 Å². The highest BCUT2D eigenvalue weighted by Crippen LogP contribution is 2.36. The summed E-state index contributed by atoms with van der Waals surface area (Å²) < 4.78 is 84.6. The average Bonchev–Trinajstić information content (AvgIpc) is 3.34. The first-order valence-electron chi connectivity index (χ1n) is 8.52. The van der Waals surface area contributed by atoms with E-state index in [0.717, 1.165) is 23.5 Å². The Morgan fingerprint density at radius 2 is 1.68 bits per heavy atom. The Kier molecular flexibility index (Phi) is 6.00. The highest BCUT2D eigenvalue weighted by atomic mass is 32.1. The van der Waals surface area contributed by atoms with E-state index in [1.807, 2.05) is 6.07 Å². The van der Waals surface area contributed by atoms with Crippen LogP contribution < -0.4 is 4.90 Å². The summed E-state index contributed by atoms with van der Waals surface area (Å²) in [6.07, 6.45) is -9.60. The van der Waals surface area contributed by atoms with Crippen molar-refractivity contribution in [3.05, 3.63) is 64.2 Å². The molecule has 0 radical (unpaired) electrons. The Labute approximate surface area is 176 Å². The molecule has 0 fully saturated rings. The van der Waals surface area contributed by atoms with Gasteiger partial charge in [0.05, 0.1) is 28.6 Å². The van der Waals surface area contributed by atoms with E-state index in [-0.39, 0.29) is 11.4 Å². The fourth-order valence-corrected chi connectivity index (χ4v) is 3.59. The Morgan fingerprint density at radius 3 is 2.26 bits per heavy atom. The van der Waals surface area contributed by atoms with Crippen molar-refractivity contribution in [3.8, 4) is 22.8 Å². The molecule has 0 saturated heterocycles. The fraction of sp³-hybridized carbons (Fsp3) is 0.200. The smallest absolute Gasteiger partial charge is 0.417 e. The number of nitriles is 2. The summed E-state index contributed by atoms with van der Waals surface area (Å²) in [5.41, 5.74) is -2.36. The minimum absolute atomic E-state index is 0.0871. The second-order valence-electron chi connectivity index (χ2n) is 6.35. The summed E-state index contributed by atoms with van der Waals surface area (Å²) >= 11 is 1.13. The lowest BCUT2D eigenvalue weighted by Crippen LogP contribution is -2.34. The summed E-state index contributed by atoms with van der Waals surface area (Å²) in [6.45, 7) is -1.98. The first kappa shape index (κ1) is 22.2. The third-order valence-corrected chi connectivity index (χ3v) is 5.14. The van der Waals surface area contributed by atoms with E-state index in [2.05, 4.69) is 0 Å². The summed E-state index contributed by atoms with van der Waals surface area (Å²) in [4.78, 5) is 1.69. The molecule has 3 rings (SSSR count). The molecular weight excluding hydrogens is 444 g/mol. The van der Waals surface area contributed by atoms with Crippen LogP contribution in [0, 0.1) is 22.7 Å². The molecule has 0 bridgehead atoms. The summed E-state index contributed by atoms with van der Waals surface area (Å²) in [6, 6.07) is 11.8. The van der Waals surface area contributed by atoms with Crippen LogP contribution in [-0.4, -0.2) is 12.7 Å². The first-order valence-corrected chi connectivity index (χ1v) is 9.34. The van der Waals surface area contributed by atoms with Gasteiger partial charge in [0, 0.05) is 5.69 Å². The van der Waals surface area contributed by atoms with Gasteiger partial charge in [-0.2, -0.15) is 36.9 Å². The molecule has 0 unspecified atom stereocenters. The molecule has 0 saturated carbocycles. The third kappa shape index (κ3) is 5.38. The highest BCUT2D eigenvalue weighted by Gasteiger charge is 2.36. The van der Waals surface area contributed by atoms with Crippen molar-refractivity contribution < 1.29 is 30.8 Å². The average molecular weight is 455 g/mol. The molecule has 0 aliphatic rings. The van der Waals surface area contributed by atoms with Gasteiger partial charge in [0.1, 0.15) is 29.0 Å². The van der Waals surface area contributed by atoms with Gasteiger partial charge in [-0.1, -0.05) is 0 Å². The van der Waals surface area contributed by atoms with E-state index in [1.165, 1.54) is 18.2 Å². The van der Waals surface area contributed by atoms with Gasteiger partial charge in [-0.05, 0) is 42.5 Å². The fourth-order valence-electron chi connectivity index (χ4n) is 2.83. The molecule has 4 nitrogen and oxygen atoms in total. The number of nitrogens with zero attached hydrogens (tertiary/aromatic N) is 3. The zero-order valence-corrected chi connectivity index (χ0v) is 16.2. The number of anilines is 1. The Morgan fingerprint density at radius 1 is 0.935 bits per heavy atom. The standard InChI is InChI=1S/C20H11F6N3OS/c21-19(22,23)11-29(13-2-1-12(8-27)16(7-13)20(24,25)26)10-14-3-5-17(30-14)18-6-4-15(9-28)31-18/h1-7H,10-11H2. The predicted octanol–water partition coefficient (Wildman–Crippen LogP) is 6.34. The largest absolute Gasteiger partial charge is 0.458 e. The molecule has 0 N–H and O–H groups in total. The molecule has 0 amide bonds. The third-order valence-electron chi connectivity index (χ3n) is 4.13. The molecule has 2 aromatic heterocycles. The molecule has 1 aromatic carbocycles. The van der Waals surface area contributed by atoms with Gasteiger partial charge in [-0.3, -0.25) is 0 Å². The lowest BCUT2D eigenvalue weighted by molar-refractivity contribution is -0.137. The lowest BCUT2D eigenvalue weighted by atomic mass is 10.1. The predicted molar refractivity (Wildman–Crippen MR) is 100 cm³/mol. The van der Waals surface area contributed by atoms with Gasteiger partial charge in [-0.15, -0.1) is 11.3 Å². The van der Waals surface area contributed by atoms with Gasteiger partial charge in [0.25, 0.3) is 0 Å². The Balaban J connectivity index is 1.94. The van der Waals surface area contributed by atoms with Crippen molar-refractivity contribution in [2.24, 2.45) is 0 Å². The molecule has 0 atom stereocenters. The monoisotopic (exact) mass is 455 g/mol. The van der Waals surface area contributed by atoms with Crippen LogP contribution in [0.5, 0.6) is 0 Å². The van der Waals surface area contributed by atoms with E-state index in [4.69, 9.17) is 14.9 Å². The van der Waals surface area contributed by atoms with Crippen molar-refractivity contribution in [3.63, 3.8) is 0 Å². The van der Waals surface area contributed by atoms with E-state index >= 15 is 0 Å². The second kappa shape index (κ2) is 8.36. The maximum absolute atomic E-state index is 13.2. The number of hydrogen-bond donors (Lipinski definition) is 0. The van der Waals surface area contributed by atoms with Crippen molar-refractivity contribution in [1.29, 1.82) is 10.5 Å². The molecule has 3 aromatic rings. The van der Waals surface area contributed by atoms with Crippen LogP contribution >= 0.6 is 11.3 Å². The SMILES string of the molecule is N#Cc1ccc(-c2ccc(CN(CC(F)(F)F)c3ccc(C#N)c(C(F)(F)F)c3)o2)s1. The van der Waals surface area contributed by atoms with Gasteiger partial charge in [-0.25, -0.2) is 0 Å². The molecule has 0 aliphatic heterocycles. The minimum atomic E-state index is -4.90. The maximum atomic E-state index is 13.2. The molecule has 160 valence electrons. The molecular formula is C20H11F6N3OS. The zero-order chi connectivity index (χ0) is 22.8. The van der Waals surface area contributed by atoms with Gasteiger partial charge < -0.3 is 9.32 Å². The normalized spacial score (nSPS) is 11.7. The number of benzene rings is 1. The van der Waals surface area contributed by atoms with Crippen molar-refractivity contribution >= 4 is 17.0 Å². The molecule has 0 spiro atoms. The maximum Gasteiger partial charge on any atom is 0.417 e. The van der Waals surface area contributed by atoms with Gasteiger partial charge >= 0.3 is 12.4 Å². The van der Waals surface area contributed by atoms with Crippen molar-refractivity contribution in [1.82, 2.24) is 0 Å². The molecule has 0 aliphatic carbocycles. The van der Waals surface area contributed by atoms with E-state index < -0.39 is 36.6 Å². The molecule has 11 heteroatoms. The summed E-state index contributed by atoms with van der Waals surface area (Å²) in [7, 11) is 0. The van der Waals surface area contributed by atoms with E-state index in [9.17, 15) is 26.3 Å². The van der Waals surface area contributed by atoms with E-state index in [1.54, 1.807) is 12.1 Å². The van der Waals surface area contributed by atoms with Crippen LogP contribution in [0.15, 0.2) is 46.9 Å². The number of alkyl halides is 6. The highest BCUT2D eigenvalue weighted by molar-refractivity contribution is 7.15. The lowest BCUT2D eigenvalue weighted by Gasteiger charge is -2.26. The number of rotatable bonds is 5. The molecule has 31 heavy (non-hydrogen) atoms. The zero-order valence-electron chi connectivity index (χ0n) is 15.4. The van der Waals surface area contributed by atoms with Crippen molar-refractivity contribution in [2.45, 2.75) is 18.9 Å². The minimum Gasteiger partial charge on any atom is -0.458 e. The number of furan rings is 1. The summed E-state index contributed by atoms with van der Waals surface area (Å²) in [5.74, 6) is 0.411. The Bertz CT molecular complexity index is 1160. The van der Waals surface area contributed by atoms with Crippen LogP contribution in [0.4, 0.5) is 32.0 Å². The van der Waals surface area contributed by atoms with Gasteiger partial charge in [0.2, 0.25) is 0 Å². The van der Waals surface area contributed by atoms with Crippen LogP contribution in [0.3, 0.4) is 0 Å². The first-order chi connectivity index (χ1) is 14.5. The second-order valence-corrected chi connectivity index (χ2v) is 7.44. The quantitative estimate of drug-likeness (QED) is 0.421.